The fourth-order valence-corrected chi connectivity index (χ4v) is 4.74. The molecule has 0 amide bonds. The number of carboxylic acids is 1. The monoisotopic (exact) mass is 378 g/mol. The van der Waals surface area contributed by atoms with E-state index in [1.807, 2.05) is 18.2 Å². The third kappa shape index (κ3) is 5.09. The van der Waals surface area contributed by atoms with Crippen LogP contribution >= 0.6 is 0 Å². The number of carbonyl (C=O) groups excluding carboxylic acids is 1. The molecule has 1 fully saturated rings. The second-order valence-electron chi connectivity index (χ2n) is 8.08. The molecule has 1 aliphatic rings. The molecular formula is C25H30O3. The van der Waals surface area contributed by atoms with Crippen LogP contribution in [0.2, 0.25) is 0 Å². The van der Waals surface area contributed by atoms with Crippen LogP contribution in [0, 0.1) is 17.8 Å². The first-order valence-corrected chi connectivity index (χ1v) is 10.4. The minimum atomic E-state index is -0.813. The van der Waals surface area contributed by atoms with Crippen LogP contribution < -0.4 is 0 Å². The molecule has 2 atom stereocenters. The fourth-order valence-electron chi connectivity index (χ4n) is 4.74. The summed E-state index contributed by atoms with van der Waals surface area (Å²) in [4.78, 5) is 24.1. The SMILES string of the molecule is CC(=O)C(C1CCCC1)C(CCCc1ccc(-c2ccccc2)cc1)C(=O)O. The summed E-state index contributed by atoms with van der Waals surface area (Å²) in [5.41, 5.74) is 3.59. The van der Waals surface area contributed by atoms with E-state index in [0.717, 1.165) is 38.5 Å². The first-order valence-electron chi connectivity index (χ1n) is 10.4. The number of aliphatic carboxylic acids is 1. The summed E-state index contributed by atoms with van der Waals surface area (Å²) in [6.07, 6.45) is 6.43. The van der Waals surface area contributed by atoms with Crippen molar-refractivity contribution in [3.05, 3.63) is 60.2 Å². The van der Waals surface area contributed by atoms with Crippen molar-refractivity contribution >= 4 is 11.8 Å². The molecule has 0 radical (unpaired) electrons. The summed E-state index contributed by atoms with van der Waals surface area (Å²) in [5, 5.41) is 9.76. The van der Waals surface area contributed by atoms with E-state index in [-0.39, 0.29) is 17.6 Å². The van der Waals surface area contributed by atoms with E-state index in [2.05, 4.69) is 36.4 Å². The Morgan fingerprint density at radius 2 is 1.57 bits per heavy atom. The molecule has 3 rings (SSSR count). The van der Waals surface area contributed by atoms with Crippen LogP contribution in [0.25, 0.3) is 11.1 Å². The Morgan fingerprint density at radius 1 is 0.964 bits per heavy atom. The first-order chi connectivity index (χ1) is 13.6. The molecule has 1 saturated carbocycles. The molecule has 0 saturated heterocycles. The molecule has 0 aromatic heterocycles. The number of rotatable bonds is 9. The molecule has 0 aliphatic heterocycles. The average molecular weight is 379 g/mol. The molecule has 2 aromatic carbocycles. The van der Waals surface area contributed by atoms with E-state index in [1.165, 1.54) is 16.7 Å². The third-order valence-electron chi connectivity index (χ3n) is 6.17. The summed E-state index contributed by atoms with van der Waals surface area (Å²) in [7, 11) is 0. The van der Waals surface area contributed by atoms with Gasteiger partial charge in [0, 0.05) is 5.92 Å². The van der Waals surface area contributed by atoms with Crippen molar-refractivity contribution in [2.24, 2.45) is 17.8 Å². The lowest BCUT2D eigenvalue weighted by Gasteiger charge is -2.27. The largest absolute Gasteiger partial charge is 0.481 e. The van der Waals surface area contributed by atoms with Gasteiger partial charge in [0.15, 0.2) is 0 Å². The number of hydrogen-bond acceptors (Lipinski definition) is 2. The molecule has 1 aliphatic carbocycles. The summed E-state index contributed by atoms with van der Waals surface area (Å²) >= 11 is 0. The minimum Gasteiger partial charge on any atom is -0.481 e. The predicted octanol–water partition coefficient (Wildman–Crippen LogP) is 5.77. The maximum atomic E-state index is 12.2. The Balaban J connectivity index is 1.60. The average Bonchev–Trinajstić information content (AvgIpc) is 3.22. The van der Waals surface area contributed by atoms with E-state index in [0.29, 0.717) is 6.42 Å². The summed E-state index contributed by atoms with van der Waals surface area (Å²) in [6.45, 7) is 1.57. The lowest BCUT2D eigenvalue weighted by atomic mass is 9.76. The van der Waals surface area contributed by atoms with E-state index in [4.69, 9.17) is 0 Å². The maximum absolute atomic E-state index is 12.2. The smallest absolute Gasteiger partial charge is 0.307 e. The van der Waals surface area contributed by atoms with Crippen LogP contribution in [0.3, 0.4) is 0 Å². The third-order valence-corrected chi connectivity index (χ3v) is 6.17. The number of carboxylic acid groups (broad SMARTS) is 1. The van der Waals surface area contributed by atoms with Crippen LogP contribution in [-0.4, -0.2) is 16.9 Å². The molecule has 2 aromatic rings. The van der Waals surface area contributed by atoms with Gasteiger partial charge in [0.2, 0.25) is 0 Å². The van der Waals surface area contributed by atoms with Gasteiger partial charge in [-0.25, -0.2) is 0 Å². The Kier molecular flexibility index (Phi) is 7.02. The van der Waals surface area contributed by atoms with E-state index >= 15 is 0 Å². The summed E-state index contributed by atoms with van der Waals surface area (Å²) < 4.78 is 0. The number of ketones is 1. The number of Topliss-reactive ketones (excluding diaryl/α,β-unsaturated/α-hetero) is 1. The molecule has 0 bridgehead atoms. The van der Waals surface area contributed by atoms with Crippen molar-refractivity contribution in [3.8, 4) is 11.1 Å². The molecule has 3 nitrogen and oxygen atoms in total. The van der Waals surface area contributed by atoms with Gasteiger partial charge in [-0.1, -0.05) is 67.4 Å². The van der Waals surface area contributed by atoms with Crippen LogP contribution in [0.1, 0.15) is 51.0 Å². The molecule has 2 unspecified atom stereocenters. The van der Waals surface area contributed by atoms with Gasteiger partial charge in [0.05, 0.1) is 5.92 Å². The number of benzene rings is 2. The Bertz CT molecular complexity index is 773. The Hall–Kier alpha value is -2.42. The number of carbonyl (C=O) groups is 2. The molecule has 1 N–H and O–H groups in total. The molecule has 0 spiro atoms. The topological polar surface area (TPSA) is 54.4 Å². The second kappa shape index (κ2) is 9.68. The molecular weight excluding hydrogens is 348 g/mol. The number of hydrogen-bond donors (Lipinski definition) is 1. The van der Waals surface area contributed by atoms with Gasteiger partial charge >= 0.3 is 5.97 Å². The van der Waals surface area contributed by atoms with E-state index < -0.39 is 11.9 Å². The zero-order chi connectivity index (χ0) is 19.9. The zero-order valence-electron chi connectivity index (χ0n) is 16.6. The van der Waals surface area contributed by atoms with Gasteiger partial charge in [-0.2, -0.15) is 0 Å². The van der Waals surface area contributed by atoms with Gasteiger partial charge in [-0.15, -0.1) is 0 Å². The molecule has 0 heterocycles. The quantitative estimate of drug-likeness (QED) is 0.602. The highest BCUT2D eigenvalue weighted by Gasteiger charge is 2.38. The Morgan fingerprint density at radius 3 is 2.14 bits per heavy atom. The van der Waals surface area contributed by atoms with Gasteiger partial charge in [0.1, 0.15) is 5.78 Å². The lowest BCUT2D eigenvalue weighted by molar-refractivity contribution is -0.148. The molecule has 28 heavy (non-hydrogen) atoms. The lowest BCUT2D eigenvalue weighted by Crippen LogP contribution is -2.33. The fraction of sp³-hybridized carbons (Fsp3) is 0.440. The van der Waals surface area contributed by atoms with Gasteiger partial charge in [0.25, 0.3) is 0 Å². The van der Waals surface area contributed by atoms with Crippen LogP contribution in [0.5, 0.6) is 0 Å². The maximum Gasteiger partial charge on any atom is 0.307 e. The molecule has 3 heteroatoms. The van der Waals surface area contributed by atoms with Crippen molar-refractivity contribution in [2.45, 2.75) is 51.9 Å². The minimum absolute atomic E-state index is 0.0477. The van der Waals surface area contributed by atoms with Gasteiger partial charge < -0.3 is 5.11 Å². The highest BCUT2D eigenvalue weighted by Crippen LogP contribution is 2.37. The predicted molar refractivity (Wildman–Crippen MR) is 112 cm³/mol. The molecule has 148 valence electrons. The van der Waals surface area contributed by atoms with Crippen molar-refractivity contribution in [1.29, 1.82) is 0 Å². The van der Waals surface area contributed by atoms with Gasteiger partial charge in [-0.3, -0.25) is 9.59 Å². The van der Waals surface area contributed by atoms with Crippen LogP contribution in [0.4, 0.5) is 0 Å². The summed E-state index contributed by atoms with van der Waals surface area (Å²) in [6, 6.07) is 18.8. The van der Waals surface area contributed by atoms with Crippen molar-refractivity contribution in [1.82, 2.24) is 0 Å². The highest BCUT2D eigenvalue weighted by molar-refractivity contribution is 5.84. The Labute approximate surface area is 167 Å². The highest BCUT2D eigenvalue weighted by atomic mass is 16.4. The van der Waals surface area contributed by atoms with Crippen LogP contribution in [-0.2, 0) is 16.0 Å². The van der Waals surface area contributed by atoms with Crippen molar-refractivity contribution in [3.63, 3.8) is 0 Å². The van der Waals surface area contributed by atoms with E-state index in [1.54, 1.807) is 6.92 Å². The standard InChI is InChI=1S/C25H30O3/c1-18(26)24(22-11-5-6-12-22)23(25(27)28)13-7-8-19-14-16-21(17-15-19)20-9-3-2-4-10-20/h2-4,9-10,14-17,22-24H,5-8,11-13H2,1H3,(H,27,28). The van der Waals surface area contributed by atoms with Gasteiger partial charge in [-0.05, 0) is 61.6 Å². The number of aryl methyl sites for hydroxylation is 1. The zero-order valence-corrected chi connectivity index (χ0v) is 16.6. The summed E-state index contributed by atoms with van der Waals surface area (Å²) in [5.74, 6) is -1.38. The van der Waals surface area contributed by atoms with Crippen molar-refractivity contribution in [2.75, 3.05) is 0 Å². The first kappa shape index (κ1) is 20.3. The van der Waals surface area contributed by atoms with Crippen molar-refractivity contribution < 1.29 is 14.7 Å². The normalized spacial score (nSPS) is 16.6. The van der Waals surface area contributed by atoms with Crippen LogP contribution in [0.15, 0.2) is 54.6 Å². The van der Waals surface area contributed by atoms with E-state index in [9.17, 15) is 14.7 Å². The second-order valence-corrected chi connectivity index (χ2v) is 8.08.